The summed E-state index contributed by atoms with van der Waals surface area (Å²) in [6, 6.07) is 10.2. The van der Waals surface area contributed by atoms with Crippen molar-refractivity contribution < 1.29 is 8.78 Å². The van der Waals surface area contributed by atoms with Gasteiger partial charge in [-0.15, -0.1) is 0 Å². The SMILES string of the molecule is Cc1cc(CNCc2cccc(F)c2)cc(C)c1F. The zero-order valence-electron chi connectivity index (χ0n) is 11.1. The summed E-state index contributed by atoms with van der Waals surface area (Å²) < 4.78 is 26.5. The van der Waals surface area contributed by atoms with Crippen LogP contribution >= 0.6 is 0 Å². The second-order valence-electron chi connectivity index (χ2n) is 4.78. The van der Waals surface area contributed by atoms with E-state index in [4.69, 9.17) is 0 Å². The van der Waals surface area contributed by atoms with E-state index in [-0.39, 0.29) is 11.6 Å². The monoisotopic (exact) mass is 261 g/mol. The lowest BCUT2D eigenvalue weighted by molar-refractivity contribution is 0.605. The Morgan fingerprint density at radius 1 is 0.895 bits per heavy atom. The lowest BCUT2D eigenvalue weighted by Crippen LogP contribution is -2.13. The molecule has 1 nitrogen and oxygen atoms in total. The van der Waals surface area contributed by atoms with Crippen LogP contribution in [0.3, 0.4) is 0 Å². The summed E-state index contributed by atoms with van der Waals surface area (Å²) in [6.07, 6.45) is 0. The molecule has 0 fully saturated rings. The maximum absolute atomic E-state index is 13.5. The summed E-state index contributed by atoms with van der Waals surface area (Å²) in [7, 11) is 0. The van der Waals surface area contributed by atoms with Gasteiger partial charge in [-0.25, -0.2) is 8.78 Å². The van der Waals surface area contributed by atoms with E-state index in [1.165, 1.54) is 12.1 Å². The minimum Gasteiger partial charge on any atom is -0.309 e. The lowest BCUT2D eigenvalue weighted by Gasteiger charge is -2.08. The first kappa shape index (κ1) is 13.7. The van der Waals surface area contributed by atoms with Crippen LogP contribution in [0.25, 0.3) is 0 Å². The molecule has 0 heterocycles. The molecule has 2 aromatic rings. The molecule has 2 rings (SSSR count). The van der Waals surface area contributed by atoms with E-state index in [9.17, 15) is 8.78 Å². The van der Waals surface area contributed by atoms with Crippen molar-refractivity contribution in [2.24, 2.45) is 0 Å². The Balaban J connectivity index is 1.96. The van der Waals surface area contributed by atoms with Crippen LogP contribution < -0.4 is 5.32 Å². The highest BCUT2D eigenvalue weighted by atomic mass is 19.1. The third-order valence-electron chi connectivity index (χ3n) is 3.04. The molecule has 0 amide bonds. The number of aryl methyl sites for hydroxylation is 2. The van der Waals surface area contributed by atoms with Crippen molar-refractivity contribution in [1.29, 1.82) is 0 Å². The van der Waals surface area contributed by atoms with Gasteiger partial charge in [0.2, 0.25) is 0 Å². The highest BCUT2D eigenvalue weighted by Crippen LogP contribution is 2.14. The normalized spacial score (nSPS) is 10.7. The van der Waals surface area contributed by atoms with Crippen LogP contribution in [0.4, 0.5) is 8.78 Å². The smallest absolute Gasteiger partial charge is 0.129 e. The third kappa shape index (κ3) is 3.61. The number of rotatable bonds is 4. The molecule has 0 radical (unpaired) electrons. The summed E-state index contributed by atoms with van der Waals surface area (Å²) in [5.74, 6) is -0.373. The fourth-order valence-corrected chi connectivity index (χ4v) is 2.14. The fourth-order valence-electron chi connectivity index (χ4n) is 2.14. The molecule has 100 valence electrons. The molecule has 0 aromatic heterocycles. The van der Waals surface area contributed by atoms with Gasteiger partial charge in [0, 0.05) is 13.1 Å². The molecule has 0 aliphatic carbocycles. The number of nitrogens with one attached hydrogen (secondary N) is 1. The predicted octanol–water partition coefficient (Wildman–Crippen LogP) is 3.87. The Labute approximate surface area is 112 Å². The van der Waals surface area contributed by atoms with Gasteiger partial charge in [-0.2, -0.15) is 0 Å². The second kappa shape index (κ2) is 5.93. The molecule has 1 N–H and O–H groups in total. The number of benzene rings is 2. The standard InChI is InChI=1S/C16H17F2N/c1-11-6-14(7-12(2)16(11)18)10-19-9-13-4-3-5-15(17)8-13/h3-8,19H,9-10H2,1-2H3. The highest BCUT2D eigenvalue weighted by molar-refractivity contribution is 5.30. The highest BCUT2D eigenvalue weighted by Gasteiger charge is 2.04. The zero-order valence-corrected chi connectivity index (χ0v) is 11.1. The summed E-state index contributed by atoms with van der Waals surface area (Å²) in [5, 5.41) is 3.23. The van der Waals surface area contributed by atoms with Gasteiger partial charge in [0.15, 0.2) is 0 Å². The van der Waals surface area contributed by atoms with Crippen LogP contribution in [0.5, 0.6) is 0 Å². The van der Waals surface area contributed by atoms with E-state index in [1.807, 2.05) is 18.2 Å². The Morgan fingerprint density at radius 2 is 1.53 bits per heavy atom. The minimum absolute atomic E-state index is 0.145. The van der Waals surface area contributed by atoms with Gasteiger partial charge in [-0.3, -0.25) is 0 Å². The van der Waals surface area contributed by atoms with Gasteiger partial charge >= 0.3 is 0 Å². The second-order valence-corrected chi connectivity index (χ2v) is 4.78. The minimum atomic E-state index is -0.229. The first-order valence-electron chi connectivity index (χ1n) is 6.27. The van der Waals surface area contributed by atoms with Crippen LogP contribution in [0, 0.1) is 25.5 Å². The van der Waals surface area contributed by atoms with E-state index < -0.39 is 0 Å². The molecular weight excluding hydrogens is 244 g/mol. The van der Waals surface area contributed by atoms with Gasteiger partial charge in [0.1, 0.15) is 11.6 Å². The van der Waals surface area contributed by atoms with Crippen LogP contribution in [-0.4, -0.2) is 0 Å². The number of hydrogen-bond donors (Lipinski definition) is 1. The maximum Gasteiger partial charge on any atom is 0.129 e. The summed E-state index contributed by atoms with van der Waals surface area (Å²) in [5.41, 5.74) is 3.24. The topological polar surface area (TPSA) is 12.0 Å². The Bertz CT molecular complexity index is 556. The van der Waals surface area contributed by atoms with Crippen molar-refractivity contribution in [2.75, 3.05) is 0 Å². The molecule has 0 aliphatic rings. The first-order chi connectivity index (χ1) is 9.06. The van der Waals surface area contributed by atoms with E-state index in [0.717, 1.165) is 11.1 Å². The Hall–Kier alpha value is -1.74. The lowest BCUT2D eigenvalue weighted by atomic mass is 10.1. The van der Waals surface area contributed by atoms with Crippen LogP contribution in [0.1, 0.15) is 22.3 Å². The van der Waals surface area contributed by atoms with Crippen LogP contribution in [-0.2, 0) is 13.1 Å². The van der Waals surface area contributed by atoms with E-state index in [1.54, 1.807) is 19.9 Å². The largest absolute Gasteiger partial charge is 0.309 e. The average Bonchev–Trinajstić information content (AvgIpc) is 2.36. The molecule has 0 spiro atoms. The van der Waals surface area contributed by atoms with E-state index in [2.05, 4.69) is 5.32 Å². The van der Waals surface area contributed by atoms with E-state index >= 15 is 0 Å². The molecule has 3 heteroatoms. The molecule has 0 unspecified atom stereocenters. The van der Waals surface area contributed by atoms with Gasteiger partial charge in [-0.05, 0) is 48.2 Å². The molecular formula is C16H17F2N. The molecule has 2 aromatic carbocycles. The Morgan fingerprint density at radius 3 is 2.16 bits per heavy atom. The van der Waals surface area contributed by atoms with Crippen molar-refractivity contribution in [3.63, 3.8) is 0 Å². The molecule has 0 aliphatic heterocycles. The third-order valence-corrected chi connectivity index (χ3v) is 3.04. The van der Waals surface area contributed by atoms with Crippen molar-refractivity contribution in [3.05, 3.63) is 70.3 Å². The van der Waals surface area contributed by atoms with Crippen molar-refractivity contribution in [2.45, 2.75) is 26.9 Å². The number of hydrogen-bond acceptors (Lipinski definition) is 1. The van der Waals surface area contributed by atoms with Crippen LogP contribution in [0.2, 0.25) is 0 Å². The molecule has 0 atom stereocenters. The summed E-state index contributed by atoms with van der Waals surface area (Å²) >= 11 is 0. The van der Waals surface area contributed by atoms with E-state index in [0.29, 0.717) is 24.2 Å². The van der Waals surface area contributed by atoms with Gasteiger partial charge in [0.05, 0.1) is 0 Å². The summed E-state index contributed by atoms with van der Waals surface area (Å²) in [4.78, 5) is 0. The summed E-state index contributed by atoms with van der Waals surface area (Å²) in [6.45, 7) is 4.75. The Kier molecular flexibility index (Phi) is 4.27. The fraction of sp³-hybridized carbons (Fsp3) is 0.250. The van der Waals surface area contributed by atoms with Crippen LogP contribution in [0.15, 0.2) is 36.4 Å². The van der Waals surface area contributed by atoms with Gasteiger partial charge in [-0.1, -0.05) is 24.3 Å². The van der Waals surface area contributed by atoms with Crippen molar-refractivity contribution in [1.82, 2.24) is 5.32 Å². The maximum atomic E-state index is 13.5. The van der Waals surface area contributed by atoms with Gasteiger partial charge < -0.3 is 5.32 Å². The molecule has 0 bridgehead atoms. The first-order valence-corrected chi connectivity index (χ1v) is 6.27. The quantitative estimate of drug-likeness (QED) is 0.881. The van der Waals surface area contributed by atoms with Crippen molar-refractivity contribution >= 4 is 0 Å². The zero-order chi connectivity index (χ0) is 13.8. The van der Waals surface area contributed by atoms with Crippen molar-refractivity contribution in [3.8, 4) is 0 Å². The predicted molar refractivity (Wildman–Crippen MR) is 72.8 cm³/mol. The molecule has 0 saturated heterocycles. The average molecular weight is 261 g/mol. The molecule has 0 saturated carbocycles. The number of halogens is 2. The molecule has 19 heavy (non-hydrogen) atoms. The van der Waals surface area contributed by atoms with Gasteiger partial charge in [0.25, 0.3) is 0 Å².